The summed E-state index contributed by atoms with van der Waals surface area (Å²) in [5, 5.41) is 13.6. The number of likely N-dealkylation sites (tertiary alicyclic amines) is 1. The van der Waals surface area contributed by atoms with Crippen LogP contribution in [0.15, 0.2) is 24.7 Å². The summed E-state index contributed by atoms with van der Waals surface area (Å²) in [7, 11) is 0. The van der Waals surface area contributed by atoms with Crippen LogP contribution in [0.4, 0.5) is 8.78 Å². The topological polar surface area (TPSA) is 87.7 Å². The molecule has 4 rings (SSSR count). The predicted octanol–water partition coefficient (Wildman–Crippen LogP) is 2.10. The molecule has 26 heavy (non-hydrogen) atoms. The average molecular weight is 379 g/mol. The van der Waals surface area contributed by atoms with Crippen molar-refractivity contribution in [1.29, 1.82) is 5.26 Å². The maximum absolute atomic E-state index is 13.1. The third-order valence-corrected chi connectivity index (χ3v) is 4.99. The molecule has 2 aromatic heterocycles. The van der Waals surface area contributed by atoms with Gasteiger partial charge >= 0.3 is 0 Å². The maximum atomic E-state index is 13.1. The van der Waals surface area contributed by atoms with Crippen LogP contribution in [0.25, 0.3) is 11.3 Å². The van der Waals surface area contributed by atoms with Gasteiger partial charge < -0.3 is 4.90 Å². The third-order valence-electron chi connectivity index (χ3n) is 4.80. The second-order valence-electron chi connectivity index (χ2n) is 6.66. The molecular formula is C16H13ClF2N6O. The predicted molar refractivity (Wildman–Crippen MR) is 86.1 cm³/mol. The summed E-state index contributed by atoms with van der Waals surface area (Å²) >= 11 is 5.79. The van der Waals surface area contributed by atoms with Crippen molar-refractivity contribution in [2.75, 3.05) is 13.1 Å². The summed E-state index contributed by atoms with van der Waals surface area (Å²) in [6.45, 7) is 0.356. The van der Waals surface area contributed by atoms with Crippen LogP contribution in [0.3, 0.4) is 0 Å². The number of alkyl halides is 2. The van der Waals surface area contributed by atoms with Gasteiger partial charge in [-0.2, -0.15) is 10.4 Å². The normalized spacial score (nSPS) is 22.4. The summed E-state index contributed by atoms with van der Waals surface area (Å²) in [6.07, 6.45) is 4.53. The number of carbonyl (C=O) groups excluding carboxylic acids is 1. The van der Waals surface area contributed by atoms with E-state index in [1.807, 2.05) is 0 Å². The molecule has 1 amide bonds. The van der Waals surface area contributed by atoms with Crippen LogP contribution >= 0.6 is 11.6 Å². The van der Waals surface area contributed by atoms with Crippen LogP contribution in [0.1, 0.15) is 12.8 Å². The Balaban J connectivity index is 1.54. The van der Waals surface area contributed by atoms with Gasteiger partial charge in [0.2, 0.25) is 11.2 Å². The average Bonchev–Trinajstić information content (AvgIpc) is 2.97. The van der Waals surface area contributed by atoms with Gasteiger partial charge in [-0.1, -0.05) is 0 Å². The zero-order chi connectivity index (χ0) is 18.5. The molecule has 0 aromatic carbocycles. The highest BCUT2D eigenvalue weighted by molar-refractivity contribution is 6.28. The molecular weight excluding hydrogens is 366 g/mol. The van der Waals surface area contributed by atoms with Crippen LogP contribution in [0, 0.1) is 17.2 Å². The SMILES string of the molecule is N#CCC1(n2cc(-c3ccnc(Cl)n3)cn2)CN(C(=O)[C@@H]2CC2(F)F)C1. The first-order valence-electron chi connectivity index (χ1n) is 7.92. The molecule has 0 N–H and O–H groups in total. The van der Waals surface area contributed by atoms with Gasteiger partial charge in [-0.3, -0.25) is 9.48 Å². The van der Waals surface area contributed by atoms with E-state index in [-0.39, 0.29) is 24.8 Å². The molecule has 0 radical (unpaired) electrons. The number of aromatic nitrogens is 4. The first-order chi connectivity index (χ1) is 12.3. The second-order valence-corrected chi connectivity index (χ2v) is 6.99. The fourth-order valence-electron chi connectivity index (χ4n) is 3.22. The van der Waals surface area contributed by atoms with Gasteiger partial charge in [0.1, 0.15) is 11.5 Å². The summed E-state index contributed by atoms with van der Waals surface area (Å²) in [5.74, 6) is -4.67. The number of hydrogen-bond acceptors (Lipinski definition) is 5. The lowest BCUT2D eigenvalue weighted by molar-refractivity contribution is -0.146. The van der Waals surface area contributed by atoms with Gasteiger partial charge in [-0.05, 0) is 17.7 Å². The highest BCUT2D eigenvalue weighted by Gasteiger charge is 2.64. The highest BCUT2D eigenvalue weighted by Crippen LogP contribution is 2.50. The minimum Gasteiger partial charge on any atom is -0.337 e. The number of nitrogens with zero attached hydrogens (tertiary/aromatic N) is 6. The molecule has 134 valence electrons. The molecule has 3 heterocycles. The number of hydrogen-bond donors (Lipinski definition) is 0. The zero-order valence-electron chi connectivity index (χ0n) is 13.4. The summed E-state index contributed by atoms with van der Waals surface area (Å²) in [4.78, 5) is 21.4. The van der Waals surface area contributed by atoms with Crippen molar-refractivity contribution in [3.8, 4) is 17.3 Å². The Morgan fingerprint density at radius 3 is 2.81 bits per heavy atom. The molecule has 2 fully saturated rings. The van der Waals surface area contributed by atoms with Crippen LogP contribution in [0.5, 0.6) is 0 Å². The van der Waals surface area contributed by atoms with Crippen LogP contribution in [-0.2, 0) is 10.3 Å². The highest BCUT2D eigenvalue weighted by atomic mass is 35.5. The van der Waals surface area contributed by atoms with E-state index in [9.17, 15) is 13.6 Å². The van der Waals surface area contributed by atoms with Crippen molar-refractivity contribution in [2.45, 2.75) is 24.3 Å². The van der Waals surface area contributed by atoms with E-state index in [0.29, 0.717) is 11.3 Å². The first-order valence-corrected chi connectivity index (χ1v) is 8.30. The molecule has 2 aromatic rings. The van der Waals surface area contributed by atoms with E-state index in [1.54, 1.807) is 23.1 Å². The van der Waals surface area contributed by atoms with Crippen molar-refractivity contribution in [2.24, 2.45) is 5.92 Å². The molecule has 7 nitrogen and oxygen atoms in total. The van der Waals surface area contributed by atoms with E-state index < -0.39 is 29.7 Å². The Labute approximate surface area is 152 Å². The van der Waals surface area contributed by atoms with Gasteiger partial charge in [-0.25, -0.2) is 18.7 Å². The molecule has 0 unspecified atom stereocenters. The molecule has 1 aliphatic heterocycles. The first kappa shape index (κ1) is 16.8. The van der Waals surface area contributed by atoms with Gasteiger partial charge in [0.05, 0.1) is 24.4 Å². The number of carbonyl (C=O) groups is 1. The minimum absolute atomic E-state index is 0.104. The molecule has 1 atom stereocenters. The van der Waals surface area contributed by atoms with E-state index >= 15 is 0 Å². The number of amides is 1. The van der Waals surface area contributed by atoms with Crippen molar-refractivity contribution < 1.29 is 13.6 Å². The Kier molecular flexibility index (Phi) is 3.70. The van der Waals surface area contributed by atoms with Gasteiger partial charge in [-0.15, -0.1) is 0 Å². The third kappa shape index (κ3) is 2.70. The standard InChI is InChI=1S/C16H13ClF2N6O/c17-14-21-4-1-12(23-14)10-6-22-25(7-10)15(2-3-20)8-24(9-15)13(26)11-5-16(11,18)19/h1,4,6-7,11H,2,5,8-9H2/t11-/m0/s1. The second kappa shape index (κ2) is 5.71. The fourth-order valence-corrected chi connectivity index (χ4v) is 3.36. The summed E-state index contributed by atoms with van der Waals surface area (Å²) < 4.78 is 27.8. The van der Waals surface area contributed by atoms with Crippen LogP contribution < -0.4 is 0 Å². The lowest BCUT2D eigenvalue weighted by Gasteiger charge is -2.49. The quantitative estimate of drug-likeness (QED) is 0.760. The Morgan fingerprint density at radius 1 is 1.46 bits per heavy atom. The molecule has 1 saturated heterocycles. The fraction of sp³-hybridized carbons (Fsp3) is 0.438. The number of nitriles is 1. The van der Waals surface area contributed by atoms with E-state index in [0.717, 1.165) is 0 Å². The van der Waals surface area contributed by atoms with Gasteiger partial charge in [0.25, 0.3) is 5.92 Å². The van der Waals surface area contributed by atoms with Crippen molar-refractivity contribution >= 4 is 17.5 Å². The van der Waals surface area contributed by atoms with Crippen molar-refractivity contribution in [3.05, 3.63) is 29.9 Å². The smallest absolute Gasteiger partial charge is 0.260 e. The monoisotopic (exact) mass is 378 g/mol. The van der Waals surface area contributed by atoms with Crippen molar-refractivity contribution in [1.82, 2.24) is 24.6 Å². The van der Waals surface area contributed by atoms with Gasteiger partial charge in [0, 0.05) is 37.5 Å². The maximum Gasteiger partial charge on any atom is 0.260 e. The van der Waals surface area contributed by atoms with E-state index in [1.165, 1.54) is 11.1 Å². The summed E-state index contributed by atoms with van der Waals surface area (Å²) in [6, 6.07) is 3.77. The van der Waals surface area contributed by atoms with Gasteiger partial charge in [0.15, 0.2) is 0 Å². The molecule has 1 saturated carbocycles. The molecule has 0 bridgehead atoms. The molecule has 0 spiro atoms. The van der Waals surface area contributed by atoms with E-state index in [2.05, 4.69) is 21.1 Å². The lowest BCUT2D eigenvalue weighted by atomic mass is 9.86. The number of rotatable bonds is 4. The minimum atomic E-state index is -2.89. The lowest BCUT2D eigenvalue weighted by Crippen LogP contribution is -2.64. The van der Waals surface area contributed by atoms with E-state index in [4.69, 9.17) is 16.9 Å². The summed E-state index contributed by atoms with van der Waals surface area (Å²) in [5.41, 5.74) is 0.544. The molecule has 1 aliphatic carbocycles. The van der Waals surface area contributed by atoms with Crippen LogP contribution in [0.2, 0.25) is 5.28 Å². The Morgan fingerprint density at radius 2 is 2.19 bits per heavy atom. The largest absolute Gasteiger partial charge is 0.337 e. The Bertz CT molecular complexity index is 917. The molecule has 10 heteroatoms. The van der Waals surface area contributed by atoms with Crippen molar-refractivity contribution in [3.63, 3.8) is 0 Å². The molecule has 2 aliphatic rings. The van der Waals surface area contributed by atoms with Crippen LogP contribution in [-0.4, -0.2) is 49.6 Å². The number of halogens is 3. The zero-order valence-corrected chi connectivity index (χ0v) is 14.2. The Hall–Kier alpha value is -2.60.